The molecule has 2 fully saturated rings. The summed E-state index contributed by atoms with van der Waals surface area (Å²) < 4.78 is 38.8. The first kappa shape index (κ1) is 28.6. The smallest absolute Gasteiger partial charge is 0.303 e. The maximum absolute atomic E-state index is 11.9. The lowest BCUT2D eigenvalue weighted by Gasteiger charge is -2.45. The molecule has 196 valence electrons. The molecule has 0 aromatic rings. The molecule has 2 aliphatic rings. The molecule has 2 saturated heterocycles. The van der Waals surface area contributed by atoms with Crippen LogP contribution in [0, 0.1) is 0 Å². The fourth-order valence-corrected chi connectivity index (χ4v) is 4.10. The van der Waals surface area contributed by atoms with Gasteiger partial charge in [0.1, 0.15) is 18.1 Å². The summed E-state index contributed by atoms with van der Waals surface area (Å²) in [6.45, 7) is 5.72. The highest BCUT2D eigenvalue weighted by Gasteiger charge is 2.56. The minimum atomic E-state index is -1.66. The quantitative estimate of drug-likeness (QED) is 0.107. The zero-order valence-electron chi connectivity index (χ0n) is 19.9. The fourth-order valence-electron chi connectivity index (χ4n) is 3.77. The topological polar surface area (TPSA) is 182 Å². The molecule has 0 bridgehead atoms. The zero-order chi connectivity index (χ0) is 26.3. The number of hydrogen-bond donors (Lipinski definition) is 0. The van der Waals surface area contributed by atoms with Gasteiger partial charge in [0.15, 0.2) is 18.3 Å². The summed E-state index contributed by atoms with van der Waals surface area (Å²) in [5.41, 5.74) is 8.62. The van der Waals surface area contributed by atoms with Gasteiger partial charge in [-0.05, 0) is 12.5 Å². The van der Waals surface area contributed by atoms with Gasteiger partial charge in [0, 0.05) is 39.0 Å². The third kappa shape index (κ3) is 7.94. The lowest BCUT2D eigenvalue weighted by Crippen LogP contribution is -2.62. The second-order valence-corrected chi connectivity index (χ2v) is 8.56. The van der Waals surface area contributed by atoms with Crippen LogP contribution in [-0.2, 0) is 52.3 Å². The maximum atomic E-state index is 11.9. The average Bonchev–Trinajstić information content (AvgIpc) is 3.03. The molecule has 2 rings (SSSR count). The molecule has 0 saturated carbocycles. The Balaban J connectivity index is 2.40. The second kappa shape index (κ2) is 12.4. The van der Waals surface area contributed by atoms with E-state index in [1.54, 1.807) is 0 Å². The number of alkyl halides is 1. The number of halogens is 1. The Kier molecular flexibility index (Phi) is 10.1. The first-order chi connectivity index (χ1) is 16.4. The van der Waals surface area contributed by atoms with E-state index in [2.05, 4.69) is 10.0 Å². The van der Waals surface area contributed by atoms with E-state index in [0.29, 0.717) is 0 Å². The lowest BCUT2D eigenvalue weighted by molar-refractivity contribution is -0.360. The molecular formula is C20H28ClN3O11. The van der Waals surface area contributed by atoms with Crippen LogP contribution in [0.2, 0.25) is 0 Å². The Hall–Kier alpha value is -2.64. The van der Waals surface area contributed by atoms with Crippen LogP contribution in [0.4, 0.5) is 0 Å². The molecule has 0 aliphatic carbocycles. The number of rotatable bonds is 9. The molecule has 0 aromatic carbocycles. The summed E-state index contributed by atoms with van der Waals surface area (Å²) in [5.74, 6) is -4.36. The van der Waals surface area contributed by atoms with Crippen LogP contribution in [0.1, 0.15) is 41.0 Å². The maximum Gasteiger partial charge on any atom is 0.303 e. The van der Waals surface area contributed by atoms with Crippen LogP contribution in [0.25, 0.3) is 10.4 Å². The monoisotopic (exact) mass is 521 g/mol. The van der Waals surface area contributed by atoms with Gasteiger partial charge in [0.2, 0.25) is 12.1 Å². The van der Waals surface area contributed by atoms with Gasteiger partial charge in [0.05, 0.1) is 12.6 Å². The van der Waals surface area contributed by atoms with Gasteiger partial charge in [0.25, 0.3) is 0 Å². The van der Waals surface area contributed by atoms with Crippen molar-refractivity contribution in [3.8, 4) is 0 Å². The highest BCUT2D eigenvalue weighted by molar-refractivity contribution is 6.21. The number of hydrogen-bond acceptors (Lipinski definition) is 12. The van der Waals surface area contributed by atoms with Gasteiger partial charge >= 0.3 is 23.9 Å². The van der Waals surface area contributed by atoms with Crippen LogP contribution in [0.15, 0.2) is 5.11 Å². The first-order valence-electron chi connectivity index (χ1n) is 10.7. The van der Waals surface area contributed by atoms with Crippen molar-refractivity contribution in [3.63, 3.8) is 0 Å². The summed E-state index contributed by atoms with van der Waals surface area (Å²) >= 11 is 6.46. The molecule has 15 heteroatoms. The molecular weight excluding hydrogens is 494 g/mol. The molecule has 0 unspecified atom stereocenters. The first-order valence-corrected chi connectivity index (χ1v) is 11.1. The Morgan fingerprint density at radius 1 is 1.03 bits per heavy atom. The van der Waals surface area contributed by atoms with E-state index in [9.17, 15) is 19.2 Å². The average molecular weight is 522 g/mol. The van der Waals surface area contributed by atoms with Crippen LogP contribution < -0.4 is 0 Å². The molecule has 0 amide bonds. The number of ether oxygens (including phenoxy) is 7. The third-order valence-electron chi connectivity index (χ3n) is 5.09. The van der Waals surface area contributed by atoms with Gasteiger partial charge in [-0.15, -0.1) is 11.6 Å². The van der Waals surface area contributed by atoms with Crippen LogP contribution in [0.3, 0.4) is 0 Å². The van der Waals surface area contributed by atoms with E-state index < -0.39 is 71.9 Å². The molecule has 0 radical (unpaired) electrons. The number of carbonyl (C=O) groups is 4. The molecule has 2 aliphatic heterocycles. The van der Waals surface area contributed by atoms with E-state index in [1.165, 1.54) is 20.8 Å². The third-order valence-corrected chi connectivity index (χ3v) is 5.62. The summed E-state index contributed by atoms with van der Waals surface area (Å²) in [5, 5.41) is 2.38. The highest BCUT2D eigenvalue weighted by atomic mass is 35.5. The Morgan fingerprint density at radius 2 is 1.63 bits per heavy atom. The van der Waals surface area contributed by atoms with Crippen molar-refractivity contribution >= 4 is 35.5 Å². The summed E-state index contributed by atoms with van der Waals surface area (Å²) in [4.78, 5) is 49.4. The van der Waals surface area contributed by atoms with Crippen LogP contribution >= 0.6 is 11.6 Å². The van der Waals surface area contributed by atoms with Gasteiger partial charge < -0.3 is 33.2 Å². The Morgan fingerprint density at radius 3 is 2.17 bits per heavy atom. The minimum Gasteiger partial charge on any atom is -0.463 e. The predicted octanol–water partition coefficient (Wildman–Crippen LogP) is 1.51. The van der Waals surface area contributed by atoms with Crippen molar-refractivity contribution in [2.75, 3.05) is 13.2 Å². The van der Waals surface area contributed by atoms with Gasteiger partial charge in [-0.1, -0.05) is 5.11 Å². The molecule has 2 heterocycles. The van der Waals surface area contributed by atoms with E-state index in [-0.39, 0.29) is 19.6 Å². The molecule has 14 nitrogen and oxygen atoms in total. The van der Waals surface area contributed by atoms with Crippen molar-refractivity contribution in [2.45, 2.75) is 89.0 Å². The predicted molar refractivity (Wildman–Crippen MR) is 115 cm³/mol. The second-order valence-electron chi connectivity index (χ2n) is 8.06. The Bertz CT molecular complexity index is 867. The van der Waals surface area contributed by atoms with Crippen molar-refractivity contribution < 1.29 is 52.3 Å². The van der Waals surface area contributed by atoms with E-state index in [1.807, 2.05) is 0 Å². The summed E-state index contributed by atoms with van der Waals surface area (Å²) in [6.07, 6.45) is -6.62. The lowest BCUT2D eigenvalue weighted by atomic mass is 10.0. The van der Waals surface area contributed by atoms with Crippen LogP contribution in [-0.4, -0.2) is 85.0 Å². The molecule has 0 spiro atoms. The van der Waals surface area contributed by atoms with Crippen LogP contribution in [0.5, 0.6) is 0 Å². The highest BCUT2D eigenvalue weighted by Crippen LogP contribution is 2.39. The molecule has 0 N–H and O–H groups in total. The zero-order valence-corrected chi connectivity index (χ0v) is 20.6. The number of carbonyl (C=O) groups excluding carboxylic acids is 4. The number of esters is 4. The normalized spacial score (nSPS) is 34.3. The van der Waals surface area contributed by atoms with E-state index in [4.69, 9.17) is 50.3 Å². The van der Waals surface area contributed by atoms with E-state index in [0.717, 1.165) is 13.8 Å². The summed E-state index contributed by atoms with van der Waals surface area (Å²) in [6, 6.07) is 0. The Labute approximate surface area is 206 Å². The SMILES string of the molecule is CC(=O)OC[C@H]1O[C@H](O[C@]2(C)O[C@H](CN=[N+]=[N-])C[C@@H]2OC(C)=O)[C@H](OC(C)=O)[C@@H](OC(C)=O)[C@H]1Cl. The summed E-state index contributed by atoms with van der Waals surface area (Å²) in [7, 11) is 0. The largest absolute Gasteiger partial charge is 0.463 e. The van der Waals surface area contributed by atoms with Crippen molar-refractivity contribution in [2.24, 2.45) is 5.11 Å². The number of azide groups is 1. The fraction of sp³-hybridized carbons (Fsp3) is 0.800. The molecule has 0 aromatic heterocycles. The van der Waals surface area contributed by atoms with Crippen molar-refractivity contribution in [3.05, 3.63) is 10.4 Å². The minimum absolute atomic E-state index is 0.0684. The number of nitrogens with zero attached hydrogens (tertiary/aromatic N) is 3. The molecule has 8 atom stereocenters. The van der Waals surface area contributed by atoms with Crippen molar-refractivity contribution in [1.29, 1.82) is 0 Å². The standard InChI is InChI=1S/C20H28ClN3O11/c1-9(25)29-8-14-16(21)17(31-11(3)27)18(32-12(4)28)19(33-14)35-20(5)15(30-10(2)26)6-13(34-20)7-23-24-22/h13-19H,6-8H2,1-5H3/t13-,14+,15-,16-,17-,18+,19+,20-/m0/s1. The van der Waals surface area contributed by atoms with Gasteiger partial charge in [-0.2, -0.15) is 0 Å². The van der Waals surface area contributed by atoms with Gasteiger partial charge in [-0.25, -0.2) is 0 Å². The van der Waals surface area contributed by atoms with Crippen molar-refractivity contribution in [1.82, 2.24) is 0 Å². The molecule has 35 heavy (non-hydrogen) atoms. The van der Waals surface area contributed by atoms with E-state index >= 15 is 0 Å². The van der Waals surface area contributed by atoms with Gasteiger partial charge in [-0.3, -0.25) is 19.2 Å².